The molecule has 0 aliphatic carbocycles. The fourth-order valence-electron chi connectivity index (χ4n) is 3.87. The molecule has 3 rings (SSSR count). The van der Waals surface area contributed by atoms with Crippen molar-refractivity contribution in [1.82, 2.24) is 9.80 Å². The summed E-state index contributed by atoms with van der Waals surface area (Å²) in [4.78, 5) is 17.6. The normalized spacial score (nSPS) is 23.0. The minimum atomic E-state index is 0.110. The van der Waals surface area contributed by atoms with Gasteiger partial charge in [0, 0.05) is 19.1 Å². The second kappa shape index (κ2) is 8.16. The second-order valence-corrected chi connectivity index (χ2v) is 7.23. The van der Waals surface area contributed by atoms with Crippen molar-refractivity contribution >= 4 is 17.5 Å². The predicted molar refractivity (Wildman–Crippen MR) is 95.0 cm³/mol. The first kappa shape index (κ1) is 16.8. The highest BCUT2D eigenvalue weighted by atomic mass is 35.5. The van der Waals surface area contributed by atoms with Crippen molar-refractivity contribution in [2.24, 2.45) is 0 Å². The highest BCUT2D eigenvalue weighted by molar-refractivity contribution is 6.33. The summed E-state index contributed by atoms with van der Waals surface area (Å²) in [5.41, 5.74) is 0.652. The van der Waals surface area contributed by atoms with E-state index in [1.165, 1.54) is 38.8 Å². The van der Waals surface area contributed by atoms with Gasteiger partial charge in [-0.15, -0.1) is 0 Å². The van der Waals surface area contributed by atoms with Crippen LogP contribution >= 0.6 is 11.6 Å². The molecule has 1 aromatic carbocycles. The third-order valence-electron chi connectivity index (χ3n) is 5.22. The molecular formula is C19H27ClN2O. The Morgan fingerprint density at radius 3 is 2.57 bits per heavy atom. The van der Waals surface area contributed by atoms with E-state index in [0.29, 0.717) is 16.6 Å². The smallest absolute Gasteiger partial charge is 0.255 e. The van der Waals surface area contributed by atoms with Crippen LogP contribution in [0.5, 0.6) is 0 Å². The average Bonchev–Trinajstić information content (AvgIpc) is 2.61. The molecule has 1 atom stereocenters. The van der Waals surface area contributed by atoms with Gasteiger partial charge in [0.2, 0.25) is 0 Å². The Kier molecular flexibility index (Phi) is 5.96. The largest absolute Gasteiger partial charge is 0.336 e. The first-order chi connectivity index (χ1) is 11.3. The summed E-state index contributed by atoms with van der Waals surface area (Å²) >= 11 is 6.23. The number of piperidine rings is 2. The predicted octanol–water partition coefficient (Wildman–Crippen LogP) is 4.21. The van der Waals surface area contributed by atoms with Crippen LogP contribution in [0.4, 0.5) is 0 Å². The van der Waals surface area contributed by atoms with E-state index in [1.807, 2.05) is 24.3 Å². The van der Waals surface area contributed by atoms with Crippen LogP contribution in [0.1, 0.15) is 55.3 Å². The van der Waals surface area contributed by atoms with E-state index in [4.69, 9.17) is 11.6 Å². The molecule has 0 unspecified atom stereocenters. The van der Waals surface area contributed by atoms with Gasteiger partial charge in [0.05, 0.1) is 10.6 Å². The van der Waals surface area contributed by atoms with E-state index in [2.05, 4.69) is 9.80 Å². The van der Waals surface area contributed by atoms with E-state index in [-0.39, 0.29) is 5.91 Å². The third-order valence-corrected chi connectivity index (χ3v) is 5.55. The standard InChI is InChI=1S/C19H27ClN2O/c20-18-10-3-2-9-17(18)19(23)22-14-7-4-8-16(22)11-15-21-12-5-1-6-13-21/h2-3,9-10,16H,1,4-8,11-15H2/t16-/m0/s1. The Hall–Kier alpha value is -1.06. The molecule has 1 amide bonds. The fraction of sp³-hybridized carbons (Fsp3) is 0.632. The Morgan fingerprint density at radius 1 is 1.04 bits per heavy atom. The van der Waals surface area contributed by atoms with Crippen LogP contribution in [0.15, 0.2) is 24.3 Å². The molecule has 2 saturated heterocycles. The highest BCUT2D eigenvalue weighted by Gasteiger charge is 2.28. The van der Waals surface area contributed by atoms with Gasteiger partial charge in [-0.2, -0.15) is 0 Å². The van der Waals surface area contributed by atoms with E-state index in [1.54, 1.807) is 0 Å². The first-order valence-electron chi connectivity index (χ1n) is 9.03. The topological polar surface area (TPSA) is 23.6 Å². The number of likely N-dealkylation sites (tertiary alicyclic amines) is 2. The minimum Gasteiger partial charge on any atom is -0.336 e. The van der Waals surface area contributed by atoms with Crippen molar-refractivity contribution < 1.29 is 4.79 Å². The number of carbonyl (C=O) groups is 1. The van der Waals surface area contributed by atoms with Crippen molar-refractivity contribution in [2.75, 3.05) is 26.2 Å². The summed E-state index contributed by atoms with van der Waals surface area (Å²) in [5.74, 6) is 0.110. The van der Waals surface area contributed by atoms with Crippen molar-refractivity contribution in [3.05, 3.63) is 34.9 Å². The first-order valence-corrected chi connectivity index (χ1v) is 9.41. The van der Waals surface area contributed by atoms with Crippen molar-refractivity contribution in [2.45, 2.75) is 51.0 Å². The molecule has 0 aromatic heterocycles. The maximum Gasteiger partial charge on any atom is 0.255 e. The zero-order chi connectivity index (χ0) is 16.1. The van der Waals surface area contributed by atoms with Crippen LogP contribution in [0, 0.1) is 0 Å². The zero-order valence-corrected chi connectivity index (χ0v) is 14.6. The van der Waals surface area contributed by atoms with Gasteiger partial charge in [0.1, 0.15) is 0 Å². The molecule has 126 valence electrons. The summed E-state index contributed by atoms with van der Waals surface area (Å²) in [6, 6.07) is 7.80. The molecule has 0 saturated carbocycles. The third kappa shape index (κ3) is 4.27. The van der Waals surface area contributed by atoms with Gasteiger partial charge in [-0.1, -0.05) is 30.2 Å². The minimum absolute atomic E-state index is 0.110. The summed E-state index contributed by atoms with van der Waals surface area (Å²) in [7, 11) is 0. The van der Waals surface area contributed by atoms with E-state index in [0.717, 1.165) is 32.4 Å². The van der Waals surface area contributed by atoms with Crippen LogP contribution in [0.25, 0.3) is 0 Å². The van der Waals surface area contributed by atoms with Crippen molar-refractivity contribution in [3.63, 3.8) is 0 Å². The fourth-order valence-corrected chi connectivity index (χ4v) is 4.09. The number of carbonyl (C=O) groups excluding carboxylic acids is 1. The number of halogens is 1. The quantitative estimate of drug-likeness (QED) is 0.823. The van der Waals surface area contributed by atoms with Gasteiger partial charge in [0.15, 0.2) is 0 Å². The molecule has 0 radical (unpaired) electrons. The van der Waals surface area contributed by atoms with Gasteiger partial charge in [-0.05, 0) is 63.7 Å². The maximum atomic E-state index is 12.9. The molecule has 4 heteroatoms. The summed E-state index contributed by atoms with van der Waals surface area (Å²) < 4.78 is 0. The van der Waals surface area contributed by atoms with Crippen LogP contribution in [-0.4, -0.2) is 47.9 Å². The summed E-state index contributed by atoms with van der Waals surface area (Å²) in [6.07, 6.45) is 8.59. The lowest BCUT2D eigenvalue weighted by Gasteiger charge is -2.37. The molecule has 0 spiro atoms. The second-order valence-electron chi connectivity index (χ2n) is 6.82. The molecular weight excluding hydrogens is 308 g/mol. The van der Waals surface area contributed by atoms with Gasteiger partial charge in [-0.3, -0.25) is 4.79 Å². The number of hydrogen-bond acceptors (Lipinski definition) is 2. The molecule has 3 nitrogen and oxygen atoms in total. The van der Waals surface area contributed by atoms with Crippen LogP contribution < -0.4 is 0 Å². The molecule has 2 heterocycles. The monoisotopic (exact) mass is 334 g/mol. The Bertz CT molecular complexity index is 528. The Labute approximate surface area is 144 Å². The van der Waals surface area contributed by atoms with Crippen molar-refractivity contribution in [3.8, 4) is 0 Å². The van der Waals surface area contributed by atoms with Crippen LogP contribution in [0.3, 0.4) is 0 Å². The molecule has 2 fully saturated rings. The lowest BCUT2D eigenvalue weighted by Crippen LogP contribution is -2.45. The van der Waals surface area contributed by atoms with Crippen molar-refractivity contribution in [1.29, 1.82) is 0 Å². The molecule has 1 aromatic rings. The number of hydrogen-bond donors (Lipinski definition) is 0. The lowest BCUT2D eigenvalue weighted by atomic mass is 9.97. The van der Waals surface area contributed by atoms with E-state index in [9.17, 15) is 4.79 Å². The van der Waals surface area contributed by atoms with Gasteiger partial charge in [-0.25, -0.2) is 0 Å². The average molecular weight is 335 g/mol. The summed E-state index contributed by atoms with van der Waals surface area (Å²) in [5, 5.41) is 0.567. The number of benzene rings is 1. The molecule has 0 bridgehead atoms. The van der Waals surface area contributed by atoms with E-state index >= 15 is 0 Å². The number of amides is 1. The Morgan fingerprint density at radius 2 is 1.78 bits per heavy atom. The molecule has 2 aliphatic rings. The Balaban J connectivity index is 1.63. The van der Waals surface area contributed by atoms with Gasteiger partial charge in [0.25, 0.3) is 5.91 Å². The lowest BCUT2D eigenvalue weighted by molar-refractivity contribution is 0.0579. The maximum absolute atomic E-state index is 12.9. The van der Waals surface area contributed by atoms with E-state index < -0.39 is 0 Å². The zero-order valence-electron chi connectivity index (χ0n) is 13.8. The van der Waals surface area contributed by atoms with Gasteiger partial charge < -0.3 is 9.80 Å². The molecule has 2 aliphatic heterocycles. The number of nitrogens with zero attached hydrogens (tertiary/aromatic N) is 2. The highest BCUT2D eigenvalue weighted by Crippen LogP contribution is 2.25. The summed E-state index contributed by atoms with van der Waals surface area (Å²) in [6.45, 7) is 4.45. The molecule has 0 N–H and O–H groups in total. The number of rotatable bonds is 4. The SMILES string of the molecule is O=C(c1ccccc1Cl)N1CCCC[C@H]1CCN1CCCCC1. The van der Waals surface area contributed by atoms with Crippen LogP contribution in [-0.2, 0) is 0 Å². The van der Waals surface area contributed by atoms with Gasteiger partial charge >= 0.3 is 0 Å². The van der Waals surface area contributed by atoms with Crippen LogP contribution in [0.2, 0.25) is 5.02 Å². The molecule has 23 heavy (non-hydrogen) atoms.